The molecule has 2 unspecified atom stereocenters. The van der Waals surface area contributed by atoms with Crippen molar-refractivity contribution in [2.75, 3.05) is 0 Å². The fourth-order valence-electron chi connectivity index (χ4n) is 1.10. The molecule has 2 heteroatoms. The van der Waals surface area contributed by atoms with Gasteiger partial charge in [-0.2, -0.15) is 0 Å². The van der Waals surface area contributed by atoms with Crippen LogP contribution < -0.4 is 5.73 Å². The molecule has 0 aromatic heterocycles. The number of rotatable bonds is 5. The highest BCUT2D eigenvalue weighted by Crippen LogP contribution is 2.18. The van der Waals surface area contributed by atoms with E-state index in [4.69, 9.17) is 5.73 Å². The van der Waals surface area contributed by atoms with E-state index in [9.17, 15) is 4.79 Å². The van der Waals surface area contributed by atoms with Crippen molar-refractivity contribution in [2.24, 2.45) is 17.6 Å². The highest BCUT2D eigenvalue weighted by molar-refractivity contribution is 5.73. The summed E-state index contributed by atoms with van der Waals surface area (Å²) in [5, 5.41) is 0. The molecule has 0 spiro atoms. The van der Waals surface area contributed by atoms with Gasteiger partial charge < -0.3 is 5.73 Å². The van der Waals surface area contributed by atoms with E-state index in [1.165, 1.54) is 0 Å². The van der Waals surface area contributed by atoms with Crippen molar-refractivity contribution in [2.45, 2.75) is 33.6 Å². The molecule has 0 radical (unpaired) electrons. The summed E-state index contributed by atoms with van der Waals surface area (Å²) in [6, 6.07) is 0. The predicted octanol–water partition coefficient (Wildman–Crippen LogP) is 2.10. The molecule has 0 fully saturated rings. The lowest BCUT2D eigenvalue weighted by Gasteiger charge is -2.16. The molecule has 0 saturated heterocycles. The minimum atomic E-state index is -0.199. The third-order valence-corrected chi connectivity index (χ3v) is 2.24. The second-order valence-electron chi connectivity index (χ2n) is 3.43. The van der Waals surface area contributed by atoms with Gasteiger partial charge in [-0.25, -0.2) is 0 Å². The first kappa shape index (κ1) is 11.2. The van der Waals surface area contributed by atoms with Crippen LogP contribution in [0.4, 0.5) is 0 Å². The van der Waals surface area contributed by atoms with Crippen LogP contribution in [-0.4, -0.2) is 5.91 Å². The third kappa shape index (κ3) is 4.94. The number of hydrogen-bond acceptors (Lipinski definition) is 1. The lowest BCUT2D eigenvalue weighted by Crippen LogP contribution is -2.18. The van der Waals surface area contributed by atoms with E-state index in [1.807, 2.05) is 13.0 Å². The normalized spacial score (nSPS) is 16.2. The molecule has 0 aliphatic carbocycles. The van der Waals surface area contributed by atoms with Crippen LogP contribution in [-0.2, 0) is 4.79 Å². The van der Waals surface area contributed by atoms with Gasteiger partial charge in [-0.1, -0.05) is 26.0 Å². The molecule has 1 amide bonds. The van der Waals surface area contributed by atoms with Crippen LogP contribution in [0, 0.1) is 11.8 Å². The summed E-state index contributed by atoms with van der Waals surface area (Å²) in [5.74, 6) is 0.724. The monoisotopic (exact) mass is 169 g/mol. The summed E-state index contributed by atoms with van der Waals surface area (Å²) in [5.41, 5.74) is 5.10. The molecule has 2 nitrogen and oxygen atoms in total. The zero-order valence-electron chi connectivity index (χ0n) is 8.21. The average Bonchev–Trinajstić information content (AvgIpc) is 1.98. The molecule has 2 N–H and O–H groups in total. The molecule has 0 rings (SSSR count). The first-order chi connectivity index (χ1) is 5.57. The summed E-state index contributed by atoms with van der Waals surface area (Å²) < 4.78 is 0. The second kappa shape index (κ2) is 5.81. The average molecular weight is 169 g/mol. The zero-order valence-corrected chi connectivity index (χ0v) is 8.21. The highest BCUT2D eigenvalue weighted by Gasteiger charge is 2.12. The summed E-state index contributed by atoms with van der Waals surface area (Å²) in [4.78, 5) is 10.6. The predicted molar refractivity (Wildman–Crippen MR) is 51.6 cm³/mol. The topological polar surface area (TPSA) is 43.1 Å². The maximum absolute atomic E-state index is 10.6. The zero-order chi connectivity index (χ0) is 9.56. The van der Waals surface area contributed by atoms with Crippen LogP contribution in [0.2, 0.25) is 0 Å². The van der Waals surface area contributed by atoms with Crippen molar-refractivity contribution in [1.29, 1.82) is 0 Å². The smallest absolute Gasteiger partial charge is 0.217 e. The Kier molecular flexibility index (Phi) is 5.43. The van der Waals surface area contributed by atoms with E-state index in [-0.39, 0.29) is 5.91 Å². The minimum Gasteiger partial charge on any atom is -0.370 e. The van der Waals surface area contributed by atoms with Gasteiger partial charge in [-0.05, 0) is 25.2 Å². The molecule has 0 aromatic rings. The first-order valence-corrected chi connectivity index (χ1v) is 4.47. The van der Waals surface area contributed by atoms with Gasteiger partial charge in [0.15, 0.2) is 0 Å². The van der Waals surface area contributed by atoms with Crippen LogP contribution in [0.5, 0.6) is 0 Å². The number of carbonyl (C=O) groups is 1. The van der Waals surface area contributed by atoms with Crippen LogP contribution in [0.3, 0.4) is 0 Å². The quantitative estimate of drug-likeness (QED) is 0.629. The van der Waals surface area contributed by atoms with Crippen LogP contribution >= 0.6 is 0 Å². The SMILES string of the molecule is C/C=C/CC(C)C(C)CC(N)=O. The Morgan fingerprint density at radius 2 is 2.00 bits per heavy atom. The molecule has 70 valence electrons. The Morgan fingerprint density at radius 1 is 1.42 bits per heavy atom. The third-order valence-electron chi connectivity index (χ3n) is 2.24. The van der Waals surface area contributed by atoms with Crippen molar-refractivity contribution < 1.29 is 4.79 Å². The van der Waals surface area contributed by atoms with E-state index in [1.54, 1.807) is 0 Å². The largest absolute Gasteiger partial charge is 0.370 e. The van der Waals surface area contributed by atoms with Crippen molar-refractivity contribution >= 4 is 5.91 Å². The Hall–Kier alpha value is -0.790. The van der Waals surface area contributed by atoms with E-state index in [0.717, 1.165) is 6.42 Å². The lowest BCUT2D eigenvalue weighted by atomic mass is 9.90. The highest BCUT2D eigenvalue weighted by atomic mass is 16.1. The number of allylic oxidation sites excluding steroid dienone is 2. The van der Waals surface area contributed by atoms with Gasteiger partial charge in [0.1, 0.15) is 0 Å². The Morgan fingerprint density at radius 3 is 2.42 bits per heavy atom. The number of carbonyl (C=O) groups excluding carboxylic acids is 1. The molecule has 0 aliphatic heterocycles. The lowest BCUT2D eigenvalue weighted by molar-refractivity contribution is -0.119. The maximum Gasteiger partial charge on any atom is 0.217 e. The van der Waals surface area contributed by atoms with Crippen LogP contribution in [0.15, 0.2) is 12.2 Å². The molecule has 0 aliphatic rings. The van der Waals surface area contributed by atoms with Gasteiger partial charge in [0.05, 0.1) is 0 Å². The molecular weight excluding hydrogens is 150 g/mol. The number of hydrogen-bond donors (Lipinski definition) is 1. The van der Waals surface area contributed by atoms with E-state index < -0.39 is 0 Å². The Labute approximate surface area is 74.8 Å². The van der Waals surface area contributed by atoms with Crippen molar-refractivity contribution in [1.82, 2.24) is 0 Å². The van der Waals surface area contributed by atoms with Gasteiger partial charge in [0.2, 0.25) is 5.91 Å². The van der Waals surface area contributed by atoms with Gasteiger partial charge in [0.25, 0.3) is 0 Å². The van der Waals surface area contributed by atoms with Gasteiger partial charge in [-0.3, -0.25) is 4.79 Å². The van der Waals surface area contributed by atoms with Crippen molar-refractivity contribution in [3.63, 3.8) is 0 Å². The summed E-state index contributed by atoms with van der Waals surface area (Å²) in [6.45, 7) is 6.22. The summed E-state index contributed by atoms with van der Waals surface area (Å²) in [7, 11) is 0. The Bertz CT molecular complexity index is 163. The molecule has 0 bridgehead atoms. The summed E-state index contributed by atoms with van der Waals surface area (Å²) in [6.07, 6.45) is 5.69. The van der Waals surface area contributed by atoms with Crippen LogP contribution in [0.25, 0.3) is 0 Å². The maximum atomic E-state index is 10.6. The van der Waals surface area contributed by atoms with E-state index in [0.29, 0.717) is 18.3 Å². The number of nitrogens with two attached hydrogens (primary N) is 1. The summed E-state index contributed by atoms with van der Waals surface area (Å²) >= 11 is 0. The number of primary amides is 1. The Balaban J connectivity index is 3.75. The molecule has 0 saturated carbocycles. The van der Waals surface area contributed by atoms with E-state index in [2.05, 4.69) is 19.9 Å². The number of amides is 1. The van der Waals surface area contributed by atoms with Crippen molar-refractivity contribution in [3.05, 3.63) is 12.2 Å². The van der Waals surface area contributed by atoms with E-state index >= 15 is 0 Å². The fourth-order valence-corrected chi connectivity index (χ4v) is 1.10. The van der Waals surface area contributed by atoms with Crippen LogP contribution in [0.1, 0.15) is 33.6 Å². The standard InChI is InChI=1S/C10H19NO/c1-4-5-6-8(2)9(3)7-10(11)12/h4-5,8-9H,6-7H2,1-3H3,(H2,11,12)/b5-4+. The first-order valence-electron chi connectivity index (χ1n) is 4.47. The molecule has 2 atom stereocenters. The van der Waals surface area contributed by atoms with Gasteiger partial charge in [-0.15, -0.1) is 0 Å². The molecule has 0 heterocycles. The molecule has 12 heavy (non-hydrogen) atoms. The molecule has 0 aromatic carbocycles. The fraction of sp³-hybridized carbons (Fsp3) is 0.700. The molecular formula is C10H19NO. The van der Waals surface area contributed by atoms with Gasteiger partial charge in [0, 0.05) is 6.42 Å². The second-order valence-corrected chi connectivity index (χ2v) is 3.43. The van der Waals surface area contributed by atoms with Crippen molar-refractivity contribution in [3.8, 4) is 0 Å². The van der Waals surface area contributed by atoms with Gasteiger partial charge >= 0.3 is 0 Å². The minimum absolute atomic E-state index is 0.199.